The minimum atomic E-state index is -0.899. The molecule has 0 saturated carbocycles. The third kappa shape index (κ3) is 8.39. The number of carbonyl (C=O) groups is 2. The van der Waals surface area contributed by atoms with Crippen molar-refractivity contribution in [3.63, 3.8) is 0 Å². The van der Waals surface area contributed by atoms with Gasteiger partial charge in [0.2, 0.25) is 0 Å². The summed E-state index contributed by atoms with van der Waals surface area (Å²) in [6.45, 7) is 8.42. The summed E-state index contributed by atoms with van der Waals surface area (Å²) in [6.07, 6.45) is 1.75. The molecule has 2 heterocycles. The van der Waals surface area contributed by atoms with Crippen molar-refractivity contribution in [1.82, 2.24) is 4.57 Å². The average Bonchev–Trinajstić information content (AvgIpc) is 3.49. The maximum Gasteiger partial charge on any atom is 0.338 e. The molecule has 1 aliphatic rings. The topological polar surface area (TPSA) is 127 Å². The normalized spacial score (nSPS) is 13.8. The third-order valence-corrected chi connectivity index (χ3v) is 9.22. The number of rotatable bonds is 15. The van der Waals surface area contributed by atoms with E-state index in [-0.39, 0.29) is 30.3 Å². The number of nitrogens with zero attached hydrogens (tertiary/aromatic N) is 2. The summed E-state index contributed by atoms with van der Waals surface area (Å²) >= 11 is 1.21. The summed E-state index contributed by atoms with van der Waals surface area (Å²) < 4.78 is 31.0. The van der Waals surface area contributed by atoms with Crippen LogP contribution >= 0.6 is 11.3 Å². The minimum Gasteiger partial charge on any atom is -0.490 e. The van der Waals surface area contributed by atoms with Crippen LogP contribution in [0.1, 0.15) is 50.4 Å². The van der Waals surface area contributed by atoms with E-state index >= 15 is 0 Å². The maximum absolute atomic E-state index is 14.5. The van der Waals surface area contributed by atoms with Crippen LogP contribution in [0, 0.1) is 0 Å². The van der Waals surface area contributed by atoms with E-state index in [0.29, 0.717) is 80.2 Å². The number of hydrogen-bond donors (Lipinski definition) is 1. The Morgan fingerprint density at radius 1 is 0.759 bits per heavy atom. The Hall–Kier alpha value is -6.14. The van der Waals surface area contributed by atoms with Gasteiger partial charge in [-0.05, 0) is 81.3 Å². The lowest BCUT2D eigenvalue weighted by molar-refractivity contribution is -0.138. The standard InChI is InChI=1S/C42H41N3O8S/c1-5-49-31-22-20-29(25-34(31)51-7-3)39-37(41(48)52-8-4)38(28-15-11-9-12-16-28)44-42-45(39)40(47)35(54-42)24-27-19-21-32(33(23-27)50-6-2)53-26-36(46)43-30-17-13-10-14-18-30/h9-25,39H,5-8,26H2,1-4H3,(H,43,46)/b35-24+/t39-/m1/s1. The van der Waals surface area contributed by atoms with E-state index < -0.39 is 12.0 Å². The number of carbonyl (C=O) groups excluding carboxylic acids is 2. The molecule has 1 aromatic heterocycles. The lowest BCUT2D eigenvalue weighted by Crippen LogP contribution is -2.40. The number of benzene rings is 4. The molecule has 0 saturated heterocycles. The first-order chi connectivity index (χ1) is 26.3. The number of anilines is 1. The van der Waals surface area contributed by atoms with Crippen LogP contribution in [0.4, 0.5) is 5.69 Å². The van der Waals surface area contributed by atoms with Gasteiger partial charge in [0, 0.05) is 11.3 Å². The number of fused-ring (bicyclic) bond motifs is 1. The van der Waals surface area contributed by atoms with E-state index in [2.05, 4.69) is 5.32 Å². The first-order valence-electron chi connectivity index (χ1n) is 17.8. The van der Waals surface area contributed by atoms with Gasteiger partial charge in [-0.2, -0.15) is 0 Å². The average molecular weight is 748 g/mol. The lowest BCUT2D eigenvalue weighted by atomic mass is 9.93. The highest BCUT2D eigenvalue weighted by molar-refractivity contribution is 7.07. The van der Waals surface area contributed by atoms with Crippen LogP contribution in [0.5, 0.6) is 23.0 Å². The second-order valence-corrected chi connectivity index (χ2v) is 12.9. The number of thiazole rings is 1. The Morgan fingerprint density at radius 3 is 2.07 bits per heavy atom. The van der Waals surface area contributed by atoms with E-state index in [4.69, 9.17) is 28.7 Å². The van der Waals surface area contributed by atoms with E-state index in [1.165, 1.54) is 15.9 Å². The molecule has 0 radical (unpaired) electrons. The number of esters is 1. The van der Waals surface area contributed by atoms with Gasteiger partial charge in [-0.3, -0.25) is 14.2 Å². The molecule has 12 heteroatoms. The molecule has 0 unspecified atom stereocenters. The second-order valence-electron chi connectivity index (χ2n) is 11.8. The Morgan fingerprint density at radius 2 is 1.39 bits per heavy atom. The summed E-state index contributed by atoms with van der Waals surface area (Å²) in [7, 11) is 0. The zero-order valence-electron chi connectivity index (χ0n) is 30.5. The van der Waals surface area contributed by atoms with Gasteiger partial charge in [-0.25, -0.2) is 9.79 Å². The van der Waals surface area contributed by atoms with Crippen molar-refractivity contribution < 1.29 is 33.3 Å². The molecule has 6 rings (SSSR count). The molecule has 4 aromatic carbocycles. The molecule has 1 N–H and O–H groups in total. The van der Waals surface area contributed by atoms with Crippen molar-refractivity contribution in [2.45, 2.75) is 33.7 Å². The van der Waals surface area contributed by atoms with E-state index in [1.807, 2.05) is 75.4 Å². The smallest absolute Gasteiger partial charge is 0.338 e. The number of nitrogens with one attached hydrogen (secondary N) is 1. The monoisotopic (exact) mass is 747 g/mol. The summed E-state index contributed by atoms with van der Waals surface area (Å²) in [5.74, 6) is 0.935. The summed E-state index contributed by atoms with van der Waals surface area (Å²) in [6, 6.07) is 28.2. The number of para-hydroxylation sites is 1. The molecule has 1 atom stereocenters. The fourth-order valence-corrected chi connectivity index (χ4v) is 7.01. The SMILES string of the molecule is CCOC(=O)C1=C(c2ccccc2)N=c2s/c(=C/c3ccc(OCC(=O)Nc4ccccc4)c(OCC)c3)c(=O)n2[C@@H]1c1ccc(OCC)c(OCC)c1. The van der Waals surface area contributed by atoms with Crippen LogP contribution in [-0.4, -0.2) is 49.5 Å². The van der Waals surface area contributed by atoms with Crippen molar-refractivity contribution in [3.8, 4) is 23.0 Å². The van der Waals surface area contributed by atoms with Crippen LogP contribution in [0.15, 0.2) is 112 Å². The fourth-order valence-electron chi connectivity index (χ4n) is 6.01. The number of aromatic nitrogens is 1. The Kier molecular flexibility index (Phi) is 12.2. The van der Waals surface area contributed by atoms with Crippen molar-refractivity contribution in [2.24, 2.45) is 4.99 Å². The second kappa shape index (κ2) is 17.6. The Labute approximate surface area is 316 Å². The van der Waals surface area contributed by atoms with Gasteiger partial charge in [-0.1, -0.05) is 72.0 Å². The zero-order valence-corrected chi connectivity index (χ0v) is 31.3. The molecule has 1 amide bonds. The van der Waals surface area contributed by atoms with Gasteiger partial charge in [0.1, 0.15) is 0 Å². The number of hydrogen-bond acceptors (Lipinski definition) is 10. The summed E-state index contributed by atoms with van der Waals surface area (Å²) in [4.78, 5) is 46.3. The van der Waals surface area contributed by atoms with Crippen LogP contribution in [-0.2, 0) is 14.3 Å². The lowest BCUT2D eigenvalue weighted by Gasteiger charge is -2.26. The predicted octanol–water partition coefficient (Wildman–Crippen LogP) is 6.15. The number of amides is 1. The largest absolute Gasteiger partial charge is 0.490 e. The first-order valence-corrected chi connectivity index (χ1v) is 18.6. The van der Waals surface area contributed by atoms with Gasteiger partial charge in [0.25, 0.3) is 11.5 Å². The zero-order chi connectivity index (χ0) is 38.0. The molecule has 0 aliphatic carbocycles. The van der Waals surface area contributed by atoms with Crippen molar-refractivity contribution in [3.05, 3.63) is 139 Å². The molecule has 0 spiro atoms. The van der Waals surface area contributed by atoms with Gasteiger partial charge in [0.15, 0.2) is 34.4 Å². The van der Waals surface area contributed by atoms with E-state index in [9.17, 15) is 14.4 Å². The molecule has 1 aliphatic heterocycles. The van der Waals surface area contributed by atoms with E-state index in [0.717, 1.165) is 0 Å². The molecule has 0 bridgehead atoms. The fraction of sp³-hybridized carbons (Fsp3) is 0.238. The quantitative estimate of drug-likeness (QED) is 0.127. The molecule has 11 nitrogen and oxygen atoms in total. The molecule has 5 aromatic rings. The van der Waals surface area contributed by atoms with Crippen molar-refractivity contribution in [1.29, 1.82) is 0 Å². The molecular formula is C42H41N3O8S. The highest BCUT2D eigenvalue weighted by Gasteiger charge is 2.35. The maximum atomic E-state index is 14.5. The van der Waals surface area contributed by atoms with Crippen LogP contribution in [0.3, 0.4) is 0 Å². The predicted molar refractivity (Wildman–Crippen MR) is 208 cm³/mol. The summed E-state index contributed by atoms with van der Waals surface area (Å²) in [5.41, 5.74) is 2.94. The Balaban J connectivity index is 1.45. The van der Waals surface area contributed by atoms with Gasteiger partial charge in [-0.15, -0.1) is 0 Å². The molecular weight excluding hydrogens is 707 g/mol. The highest BCUT2D eigenvalue weighted by Crippen LogP contribution is 2.39. The molecule has 54 heavy (non-hydrogen) atoms. The van der Waals surface area contributed by atoms with Gasteiger partial charge in [0.05, 0.1) is 48.3 Å². The third-order valence-electron chi connectivity index (χ3n) is 8.24. The summed E-state index contributed by atoms with van der Waals surface area (Å²) in [5, 5.41) is 2.80. The minimum absolute atomic E-state index is 0.134. The van der Waals surface area contributed by atoms with Gasteiger partial charge < -0.3 is 29.0 Å². The van der Waals surface area contributed by atoms with Crippen molar-refractivity contribution >= 4 is 40.7 Å². The highest BCUT2D eigenvalue weighted by atomic mass is 32.1. The number of ether oxygens (including phenoxy) is 5. The molecule has 0 fully saturated rings. The van der Waals surface area contributed by atoms with Crippen molar-refractivity contribution in [2.75, 3.05) is 38.4 Å². The molecule has 278 valence electrons. The van der Waals surface area contributed by atoms with Crippen LogP contribution in [0.2, 0.25) is 0 Å². The van der Waals surface area contributed by atoms with Crippen LogP contribution in [0.25, 0.3) is 11.8 Å². The Bertz CT molecular complexity index is 2330. The van der Waals surface area contributed by atoms with Crippen LogP contribution < -0.4 is 39.2 Å². The first kappa shape index (κ1) is 37.6. The van der Waals surface area contributed by atoms with Gasteiger partial charge >= 0.3 is 5.97 Å². The van der Waals surface area contributed by atoms with E-state index in [1.54, 1.807) is 55.5 Å².